The Morgan fingerprint density at radius 2 is 1.30 bits per heavy atom. The monoisotopic (exact) mass is 436 g/mol. The Bertz CT molecular complexity index is 506. The normalized spacial score (nSPS) is 32.0. The Morgan fingerprint density at radius 1 is 0.826 bits per heavy atom. The zero-order chi connectivity index (χ0) is 16.4. The van der Waals surface area contributed by atoms with E-state index in [1.807, 2.05) is 0 Å². The molecule has 0 amide bonds. The average Bonchev–Trinajstić information content (AvgIpc) is 2.59. The largest absolute Gasteiger partial charge is 0.251 e. The maximum Gasteiger partial charge on any atom is 0.139 e. The zero-order valence-electron chi connectivity index (χ0n) is 13.3. The first kappa shape index (κ1) is 17.6. The lowest BCUT2D eigenvalue weighted by molar-refractivity contribution is 0.148. The van der Waals surface area contributed by atoms with Gasteiger partial charge in [-0.25, -0.2) is 8.78 Å². The highest BCUT2D eigenvalue weighted by Gasteiger charge is 2.31. The van der Waals surface area contributed by atoms with Crippen molar-refractivity contribution in [1.82, 2.24) is 0 Å². The minimum Gasteiger partial charge on any atom is -0.251 e. The summed E-state index contributed by atoms with van der Waals surface area (Å²) in [6.07, 6.45) is 8.73. The predicted molar refractivity (Wildman–Crippen MR) is 95.2 cm³/mol. The van der Waals surface area contributed by atoms with Crippen molar-refractivity contribution in [1.29, 1.82) is 0 Å². The lowest BCUT2D eigenvalue weighted by atomic mass is 9.68. The molecule has 0 radical (unpaired) electrons. The van der Waals surface area contributed by atoms with Gasteiger partial charge in [-0.15, -0.1) is 0 Å². The van der Waals surface area contributed by atoms with Crippen molar-refractivity contribution >= 4 is 22.6 Å². The highest BCUT2D eigenvalue weighted by molar-refractivity contribution is 14.1. The standard InChI is InChI=1S/C19H24F3I/c20-11-12-1-3-13(4-2-12)14-5-7-15(8-6-14)16-9-17(21)19(23)18(22)10-16/h9-10,12-15H,1-8,11H2. The van der Waals surface area contributed by atoms with Crippen molar-refractivity contribution < 1.29 is 13.2 Å². The van der Waals surface area contributed by atoms with Crippen LogP contribution in [0.2, 0.25) is 0 Å². The second-order valence-corrected chi connectivity index (χ2v) is 8.42. The maximum atomic E-state index is 13.8. The molecule has 1 aromatic carbocycles. The summed E-state index contributed by atoms with van der Waals surface area (Å²) >= 11 is 1.72. The summed E-state index contributed by atoms with van der Waals surface area (Å²) in [4.78, 5) is 0. The van der Waals surface area contributed by atoms with Crippen LogP contribution in [0.4, 0.5) is 13.2 Å². The average molecular weight is 436 g/mol. The number of rotatable bonds is 3. The second-order valence-electron chi connectivity index (χ2n) is 7.35. The Morgan fingerprint density at radius 3 is 1.78 bits per heavy atom. The van der Waals surface area contributed by atoms with Crippen molar-refractivity contribution in [2.75, 3.05) is 6.67 Å². The molecule has 3 rings (SSSR count). The molecule has 23 heavy (non-hydrogen) atoms. The molecule has 2 aliphatic carbocycles. The van der Waals surface area contributed by atoms with Gasteiger partial charge in [-0.05, 0) is 115 Å². The lowest BCUT2D eigenvalue weighted by Crippen LogP contribution is -2.26. The molecule has 2 fully saturated rings. The molecule has 0 bridgehead atoms. The SMILES string of the molecule is FCC1CCC(C2CCC(c3cc(F)c(I)c(F)c3)CC2)CC1. The molecule has 0 saturated heterocycles. The Kier molecular flexibility index (Phi) is 5.92. The summed E-state index contributed by atoms with van der Waals surface area (Å²) < 4.78 is 40.3. The van der Waals surface area contributed by atoms with Crippen LogP contribution in [0.5, 0.6) is 0 Å². The van der Waals surface area contributed by atoms with Gasteiger partial charge in [0.2, 0.25) is 0 Å². The van der Waals surface area contributed by atoms with Crippen LogP contribution in [-0.2, 0) is 0 Å². The summed E-state index contributed by atoms with van der Waals surface area (Å²) in [7, 11) is 0. The summed E-state index contributed by atoms with van der Waals surface area (Å²) in [6.45, 7) is -0.163. The van der Waals surface area contributed by atoms with Crippen LogP contribution in [0, 0.1) is 33.0 Å². The number of hydrogen-bond donors (Lipinski definition) is 0. The number of halogens is 4. The smallest absolute Gasteiger partial charge is 0.139 e. The minimum absolute atomic E-state index is 0.0876. The molecule has 128 valence electrons. The van der Waals surface area contributed by atoms with Crippen molar-refractivity contribution in [3.05, 3.63) is 32.9 Å². The van der Waals surface area contributed by atoms with E-state index in [0.29, 0.717) is 5.92 Å². The van der Waals surface area contributed by atoms with Gasteiger partial charge in [0.05, 0.1) is 10.2 Å². The molecule has 1 aromatic rings. The lowest BCUT2D eigenvalue weighted by Gasteiger charge is -2.37. The Hall–Kier alpha value is -0.260. The fourth-order valence-electron chi connectivity index (χ4n) is 4.55. The third-order valence-corrected chi connectivity index (χ3v) is 7.06. The van der Waals surface area contributed by atoms with Crippen molar-refractivity contribution in [3.63, 3.8) is 0 Å². The third kappa shape index (κ3) is 4.05. The van der Waals surface area contributed by atoms with Crippen LogP contribution in [0.1, 0.15) is 62.8 Å². The van der Waals surface area contributed by atoms with Crippen molar-refractivity contribution in [2.24, 2.45) is 17.8 Å². The molecule has 0 heterocycles. The van der Waals surface area contributed by atoms with Gasteiger partial charge in [0.1, 0.15) is 11.6 Å². The van der Waals surface area contributed by atoms with Crippen LogP contribution in [0.15, 0.2) is 12.1 Å². The summed E-state index contributed by atoms with van der Waals surface area (Å²) in [5.41, 5.74) is 0.819. The third-order valence-electron chi connectivity index (χ3n) is 6.03. The van der Waals surface area contributed by atoms with Crippen LogP contribution >= 0.6 is 22.6 Å². The molecule has 0 aromatic heterocycles. The van der Waals surface area contributed by atoms with Crippen molar-refractivity contribution in [3.8, 4) is 0 Å². The first-order valence-electron chi connectivity index (χ1n) is 8.79. The number of hydrogen-bond acceptors (Lipinski definition) is 0. The van der Waals surface area contributed by atoms with Gasteiger partial charge in [0.25, 0.3) is 0 Å². The van der Waals surface area contributed by atoms with Crippen molar-refractivity contribution in [2.45, 2.75) is 57.3 Å². The molecular weight excluding hydrogens is 412 g/mol. The first-order valence-corrected chi connectivity index (χ1v) is 9.86. The van der Waals surface area contributed by atoms with E-state index in [0.717, 1.165) is 68.8 Å². The van der Waals surface area contributed by atoms with E-state index in [2.05, 4.69) is 0 Å². The quantitative estimate of drug-likeness (QED) is 0.369. The van der Waals surface area contributed by atoms with Crippen LogP contribution in [0.25, 0.3) is 0 Å². The number of benzene rings is 1. The van der Waals surface area contributed by atoms with Crippen LogP contribution in [-0.4, -0.2) is 6.67 Å². The van der Waals surface area contributed by atoms with E-state index >= 15 is 0 Å². The van der Waals surface area contributed by atoms with E-state index in [4.69, 9.17) is 0 Å². The van der Waals surface area contributed by atoms with E-state index in [9.17, 15) is 13.2 Å². The van der Waals surface area contributed by atoms with E-state index in [-0.39, 0.29) is 16.2 Å². The van der Waals surface area contributed by atoms with E-state index in [1.54, 1.807) is 22.6 Å². The van der Waals surface area contributed by atoms with E-state index in [1.165, 1.54) is 12.1 Å². The molecule has 0 aliphatic heterocycles. The molecule has 0 N–H and O–H groups in total. The topological polar surface area (TPSA) is 0 Å². The fourth-order valence-corrected chi connectivity index (χ4v) is 4.86. The highest BCUT2D eigenvalue weighted by atomic mass is 127. The predicted octanol–water partition coefficient (Wildman–Crippen LogP) is 6.62. The van der Waals surface area contributed by atoms with Crippen LogP contribution < -0.4 is 0 Å². The fraction of sp³-hybridized carbons (Fsp3) is 0.684. The molecule has 4 heteroatoms. The van der Waals surface area contributed by atoms with Gasteiger partial charge in [-0.3, -0.25) is 4.39 Å². The first-order chi connectivity index (χ1) is 11.1. The Labute approximate surface area is 150 Å². The molecular formula is C19H24F3I. The highest BCUT2D eigenvalue weighted by Crippen LogP contribution is 2.44. The zero-order valence-corrected chi connectivity index (χ0v) is 15.5. The molecule has 2 aliphatic rings. The van der Waals surface area contributed by atoms with Gasteiger partial charge in [0, 0.05) is 0 Å². The van der Waals surface area contributed by atoms with Gasteiger partial charge in [0.15, 0.2) is 0 Å². The maximum absolute atomic E-state index is 13.8. The summed E-state index contributed by atoms with van der Waals surface area (Å²) in [5, 5.41) is 0. The van der Waals surface area contributed by atoms with Gasteiger partial charge in [-0.2, -0.15) is 0 Å². The minimum atomic E-state index is -0.438. The van der Waals surface area contributed by atoms with Gasteiger partial charge >= 0.3 is 0 Å². The summed E-state index contributed by atoms with van der Waals surface area (Å²) in [5.74, 6) is 1.17. The molecule has 0 atom stereocenters. The molecule has 0 nitrogen and oxygen atoms in total. The van der Waals surface area contributed by atoms with E-state index < -0.39 is 11.6 Å². The molecule has 0 unspecified atom stereocenters. The molecule has 0 spiro atoms. The molecule has 2 saturated carbocycles. The number of alkyl halides is 1. The van der Waals surface area contributed by atoms with Crippen LogP contribution in [0.3, 0.4) is 0 Å². The van der Waals surface area contributed by atoms with Gasteiger partial charge < -0.3 is 0 Å². The van der Waals surface area contributed by atoms with Gasteiger partial charge in [-0.1, -0.05) is 0 Å². The Balaban J connectivity index is 1.56. The second kappa shape index (κ2) is 7.75. The summed E-state index contributed by atoms with van der Waals surface area (Å²) in [6, 6.07) is 3.03.